The molecule has 1 aliphatic carbocycles. The fourth-order valence-corrected chi connectivity index (χ4v) is 3.09. The van der Waals surface area contributed by atoms with Gasteiger partial charge in [-0.15, -0.1) is 0 Å². The molecule has 1 fully saturated rings. The van der Waals surface area contributed by atoms with Gasteiger partial charge in [0.05, 0.1) is 12.7 Å². The molecule has 1 aromatic carbocycles. The lowest BCUT2D eigenvalue weighted by atomic mass is 9.98. The quantitative estimate of drug-likeness (QED) is 0.689. The first-order chi connectivity index (χ1) is 11.1. The van der Waals surface area contributed by atoms with Gasteiger partial charge in [-0.3, -0.25) is 4.79 Å². The fraction of sp³-hybridized carbons (Fsp3) is 0.611. The molecule has 2 rings (SSSR count). The van der Waals surface area contributed by atoms with Gasteiger partial charge in [0, 0.05) is 18.3 Å². The van der Waals surface area contributed by atoms with Crippen molar-refractivity contribution in [2.24, 2.45) is 0 Å². The number of rotatable bonds is 8. The maximum absolute atomic E-state index is 12.3. The largest absolute Gasteiger partial charge is 0.497 e. The average Bonchev–Trinajstić information content (AvgIpc) is 2.99. The number of carbonyl (C=O) groups is 1. The summed E-state index contributed by atoms with van der Waals surface area (Å²) in [5.74, 6) is 0.727. The van der Waals surface area contributed by atoms with Gasteiger partial charge < -0.3 is 20.5 Å². The van der Waals surface area contributed by atoms with Crippen LogP contribution < -0.4 is 15.4 Å². The zero-order valence-corrected chi connectivity index (χ0v) is 14.1. The first kappa shape index (κ1) is 17.6. The van der Waals surface area contributed by atoms with E-state index in [9.17, 15) is 9.90 Å². The molecule has 128 valence electrons. The summed E-state index contributed by atoms with van der Waals surface area (Å²) in [6, 6.07) is 7.26. The van der Waals surface area contributed by atoms with E-state index in [1.165, 1.54) is 0 Å². The number of carbonyl (C=O) groups excluding carboxylic acids is 1. The van der Waals surface area contributed by atoms with Crippen molar-refractivity contribution >= 4 is 11.6 Å². The normalized spacial score (nSPS) is 17.5. The summed E-state index contributed by atoms with van der Waals surface area (Å²) in [5, 5.41) is 16.5. The van der Waals surface area contributed by atoms with E-state index in [0.717, 1.165) is 37.1 Å². The topological polar surface area (TPSA) is 70.6 Å². The van der Waals surface area contributed by atoms with Gasteiger partial charge in [0.25, 0.3) is 0 Å². The molecule has 5 heteroatoms. The van der Waals surface area contributed by atoms with Crippen LogP contribution in [0.2, 0.25) is 0 Å². The lowest BCUT2D eigenvalue weighted by Crippen LogP contribution is -2.41. The highest BCUT2D eigenvalue weighted by molar-refractivity contribution is 5.84. The van der Waals surface area contributed by atoms with Crippen molar-refractivity contribution in [1.82, 2.24) is 5.32 Å². The van der Waals surface area contributed by atoms with Gasteiger partial charge in [-0.25, -0.2) is 0 Å². The summed E-state index contributed by atoms with van der Waals surface area (Å²) in [7, 11) is 1.62. The molecule has 23 heavy (non-hydrogen) atoms. The smallest absolute Gasteiger partial charge is 0.242 e. The Morgan fingerprint density at radius 1 is 1.39 bits per heavy atom. The van der Waals surface area contributed by atoms with Crippen molar-refractivity contribution in [3.8, 4) is 5.75 Å². The minimum absolute atomic E-state index is 0.0306. The lowest BCUT2D eigenvalue weighted by Gasteiger charge is -2.23. The molecule has 1 aromatic rings. The second-order valence-corrected chi connectivity index (χ2v) is 6.31. The highest BCUT2D eigenvalue weighted by Gasteiger charge is 2.30. The first-order valence-electron chi connectivity index (χ1n) is 8.47. The third-order valence-corrected chi connectivity index (χ3v) is 4.56. The summed E-state index contributed by atoms with van der Waals surface area (Å²) < 4.78 is 5.20. The van der Waals surface area contributed by atoms with E-state index in [0.29, 0.717) is 19.4 Å². The summed E-state index contributed by atoms with van der Waals surface area (Å²) in [4.78, 5) is 12.3. The zero-order chi connectivity index (χ0) is 16.7. The van der Waals surface area contributed by atoms with Crippen molar-refractivity contribution in [2.75, 3.05) is 19.0 Å². The molecule has 0 aliphatic heterocycles. The molecule has 0 saturated heterocycles. The van der Waals surface area contributed by atoms with Gasteiger partial charge in [-0.1, -0.05) is 25.8 Å². The monoisotopic (exact) mass is 320 g/mol. The van der Waals surface area contributed by atoms with Crippen LogP contribution in [0.5, 0.6) is 5.75 Å². The molecule has 1 amide bonds. The van der Waals surface area contributed by atoms with Crippen molar-refractivity contribution in [1.29, 1.82) is 0 Å². The van der Waals surface area contributed by atoms with E-state index in [1.807, 2.05) is 31.2 Å². The SMILES string of the molecule is CC[C@@H](Nc1cccc(OC)c1)C(=O)NCCC1(O)CCCC1. The van der Waals surface area contributed by atoms with Crippen LogP contribution >= 0.6 is 0 Å². The number of amides is 1. The van der Waals surface area contributed by atoms with E-state index in [1.54, 1.807) is 7.11 Å². The third-order valence-electron chi connectivity index (χ3n) is 4.56. The number of benzene rings is 1. The number of hydrogen-bond donors (Lipinski definition) is 3. The molecule has 0 radical (unpaired) electrons. The van der Waals surface area contributed by atoms with Crippen LogP contribution in [0.3, 0.4) is 0 Å². The summed E-state index contributed by atoms with van der Waals surface area (Å²) >= 11 is 0. The van der Waals surface area contributed by atoms with Gasteiger partial charge in [0.1, 0.15) is 11.8 Å². The molecule has 3 N–H and O–H groups in total. The highest BCUT2D eigenvalue weighted by atomic mass is 16.5. The molecule has 1 atom stereocenters. The Morgan fingerprint density at radius 2 is 2.13 bits per heavy atom. The Kier molecular flexibility index (Phi) is 6.28. The third kappa shape index (κ3) is 5.13. The van der Waals surface area contributed by atoms with Gasteiger partial charge in [0.15, 0.2) is 0 Å². The molecule has 1 saturated carbocycles. The van der Waals surface area contributed by atoms with Gasteiger partial charge in [0.2, 0.25) is 5.91 Å². The Balaban J connectivity index is 1.83. The minimum atomic E-state index is -0.574. The molecule has 0 spiro atoms. The van der Waals surface area contributed by atoms with Crippen LogP contribution in [0.25, 0.3) is 0 Å². The standard InChI is InChI=1S/C18H28N2O3/c1-3-16(20-14-7-6-8-15(13-14)23-2)17(21)19-12-11-18(22)9-4-5-10-18/h6-8,13,16,20,22H,3-5,9-12H2,1-2H3,(H,19,21)/t16-/m1/s1. The molecule has 0 unspecified atom stereocenters. The van der Waals surface area contributed by atoms with Crippen LogP contribution in [-0.4, -0.2) is 36.3 Å². The van der Waals surface area contributed by atoms with E-state index >= 15 is 0 Å². The number of anilines is 1. The summed E-state index contributed by atoms with van der Waals surface area (Å²) in [5.41, 5.74) is 0.288. The molecule has 0 bridgehead atoms. The van der Waals surface area contributed by atoms with E-state index in [-0.39, 0.29) is 11.9 Å². The Morgan fingerprint density at radius 3 is 2.78 bits per heavy atom. The predicted octanol–water partition coefficient (Wildman–Crippen LogP) is 2.70. The summed E-state index contributed by atoms with van der Waals surface area (Å²) in [6.07, 6.45) is 5.19. The van der Waals surface area contributed by atoms with Crippen LogP contribution in [0.4, 0.5) is 5.69 Å². The van der Waals surface area contributed by atoms with Crippen LogP contribution in [0, 0.1) is 0 Å². The minimum Gasteiger partial charge on any atom is -0.497 e. The van der Waals surface area contributed by atoms with E-state index < -0.39 is 5.60 Å². The zero-order valence-electron chi connectivity index (χ0n) is 14.1. The maximum Gasteiger partial charge on any atom is 0.242 e. The van der Waals surface area contributed by atoms with Crippen LogP contribution in [0.1, 0.15) is 45.4 Å². The second kappa shape index (κ2) is 8.20. The molecule has 1 aliphatic rings. The number of methoxy groups -OCH3 is 1. The fourth-order valence-electron chi connectivity index (χ4n) is 3.09. The number of ether oxygens (including phenoxy) is 1. The van der Waals surface area contributed by atoms with Crippen LogP contribution in [-0.2, 0) is 4.79 Å². The Hall–Kier alpha value is -1.75. The highest BCUT2D eigenvalue weighted by Crippen LogP contribution is 2.31. The van der Waals surface area contributed by atoms with Crippen molar-refractivity contribution in [3.05, 3.63) is 24.3 Å². The average molecular weight is 320 g/mol. The molecule has 0 aromatic heterocycles. The van der Waals surface area contributed by atoms with Gasteiger partial charge in [-0.05, 0) is 37.8 Å². The first-order valence-corrected chi connectivity index (χ1v) is 8.47. The number of hydrogen-bond acceptors (Lipinski definition) is 4. The molecule has 0 heterocycles. The van der Waals surface area contributed by atoms with Gasteiger partial charge in [-0.2, -0.15) is 0 Å². The van der Waals surface area contributed by atoms with Crippen molar-refractivity contribution in [2.45, 2.75) is 57.1 Å². The molecular formula is C18H28N2O3. The van der Waals surface area contributed by atoms with Crippen molar-refractivity contribution in [3.63, 3.8) is 0 Å². The summed E-state index contributed by atoms with van der Waals surface area (Å²) in [6.45, 7) is 2.49. The Labute approximate surface area is 138 Å². The molecule has 5 nitrogen and oxygen atoms in total. The predicted molar refractivity (Wildman–Crippen MR) is 91.7 cm³/mol. The lowest BCUT2D eigenvalue weighted by molar-refractivity contribution is -0.122. The second-order valence-electron chi connectivity index (χ2n) is 6.31. The number of nitrogens with one attached hydrogen (secondary N) is 2. The molecular weight excluding hydrogens is 292 g/mol. The van der Waals surface area contributed by atoms with Crippen molar-refractivity contribution < 1.29 is 14.6 Å². The maximum atomic E-state index is 12.3. The van der Waals surface area contributed by atoms with E-state index in [4.69, 9.17) is 4.74 Å². The van der Waals surface area contributed by atoms with E-state index in [2.05, 4.69) is 10.6 Å². The number of aliphatic hydroxyl groups is 1. The van der Waals surface area contributed by atoms with Crippen LogP contribution in [0.15, 0.2) is 24.3 Å². The van der Waals surface area contributed by atoms with Gasteiger partial charge >= 0.3 is 0 Å². The Bertz CT molecular complexity index is 513.